The van der Waals surface area contributed by atoms with E-state index >= 15 is 0 Å². The van der Waals surface area contributed by atoms with Crippen LogP contribution in [0, 0.1) is 11.6 Å². The summed E-state index contributed by atoms with van der Waals surface area (Å²) in [6.45, 7) is 0.655. The molecule has 1 aromatic rings. The van der Waals surface area contributed by atoms with Gasteiger partial charge in [-0.1, -0.05) is 6.07 Å². The lowest BCUT2D eigenvalue weighted by atomic mass is 10.0. The maximum atomic E-state index is 12.9. The third-order valence-electron chi connectivity index (χ3n) is 2.42. The summed E-state index contributed by atoms with van der Waals surface area (Å²) in [4.78, 5) is 0. The average molecular weight is 230 g/mol. The van der Waals surface area contributed by atoms with Crippen LogP contribution in [0.3, 0.4) is 0 Å². The van der Waals surface area contributed by atoms with Crippen LogP contribution < -0.4 is 11.1 Å². The second-order valence-corrected chi connectivity index (χ2v) is 3.67. The van der Waals surface area contributed by atoms with Crippen LogP contribution in [0.5, 0.6) is 0 Å². The molecule has 0 spiro atoms. The zero-order chi connectivity index (χ0) is 12.1. The molecule has 0 aromatic heterocycles. The van der Waals surface area contributed by atoms with E-state index in [2.05, 4.69) is 5.32 Å². The molecule has 0 radical (unpaired) electrons. The Hall–Kier alpha value is -1.04. The van der Waals surface area contributed by atoms with E-state index in [1.807, 2.05) is 0 Å². The minimum absolute atomic E-state index is 0.294. The second kappa shape index (κ2) is 5.89. The fourth-order valence-corrected chi connectivity index (χ4v) is 1.41. The van der Waals surface area contributed by atoms with Gasteiger partial charge in [0.05, 0.1) is 6.10 Å². The maximum Gasteiger partial charge on any atom is 0.159 e. The number of hydrogen-bond donors (Lipinski definition) is 3. The Balaban J connectivity index is 2.71. The molecule has 3 nitrogen and oxygen atoms in total. The van der Waals surface area contributed by atoms with Gasteiger partial charge in [0, 0.05) is 6.04 Å². The van der Waals surface area contributed by atoms with Crippen molar-refractivity contribution >= 4 is 0 Å². The summed E-state index contributed by atoms with van der Waals surface area (Å²) in [5, 5.41) is 12.7. The van der Waals surface area contributed by atoms with Crippen LogP contribution in [0.4, 0.5) is 8.78 Å². The van der Waals surface area contributed by atoms with Gasteiger partial charge in [-0.05, 0) is 37.7 Å². The summed E-state index contributed by atoms with van der Waals surface area (Å²) in [7, 11) is 1.77. The van der Waals surface area contributed by atoms with Gasteiger partial charge >= 0.3 is 0 Å². The Bertz CT molecular complexity index is 347. The molecule has 0 aliphatic heterocycles. The van der Waals surface area contributed by atoms with Gasteiger partial charge in [-0.15, -0.1) is 0 Å². The van der Waals surface area contributed by atoms with Crippen molar-refractivity contribution in [3.8, 4) is 0 Å². The lowest BCUT2D eigenvalue weighted by Crippen LogP contribution is -2.31. The Morgan fingerprint density at radius 2 is 2.06 bits per heavy atom. The molecular formula is C11H16F2N2O. The Labute approximate surface area is 93.3 Å². The van der Waals surface area contributed by atoms with E-state index in [1.165, 1.54) is 6.07 Å². The molecule has 0 amide bonds. The molecule has 0 heterocycles. The topological polar surface area (TPSA) is 58.3 Å². The maximum absolute atomic E-state index is 12.9. The molecule has 0 fully saturated rings. The van der Waals surface area contributed by atoms with Gasteiger partial charge in [0.2, 0.25) is 0 Å². The number of aliphatic hydroxyl groups is 1. The first kappa shape index (κ1) is 13.0. The predicted octanol–water partition coefficient (Wildman–Crippen LogP) is 0.935. The van der Waals surface area contributed by atoms with E-state index in [4.69, 9.17) is 5.73 Å². The van der Waals surface area contributed by atoms with E-state index in [0.29, 0.717) is 18.5 Å². The van der Waals surface area contributed by atoms with Crippen molar-refractivity contribution in [1.82, 2.24) is 5.32 Å². The van der Waals surface area contributed by atoms with Crippen molar-refractivity contribution in [2.45, 2.75) is 18.6 Å². The van der Waals surface area contributed by atoms with Gasteiger partial charge in [-0.2, -0.15) is 0 Å². The van der Waals surface area contributed by atoms with Crippen LogP contribution in [0.2, 0.25) is 0 Å². The molecular weight excluding hydrogens is 214 g/mol. The smallest absolute Gasteiger partial charge is 0.159 e. The lowest BCUT2D eigenvalue weighted by Gasteiger charge is -2.19. The quantitative estimate of drug-likeness (QED) is 0.705. The number of benzene rings is 1. The third kappa shape index (κ3) is 3.23. The Morgan fingerprint density at radius 3 is 2.62 bits per heavy atom. The summed E-state index contributed by atoms with van der Waals surface area (Å²) in [5.74, 6) is -1.91. The second-order valence-electron chi connectivity index (χ2n) is 3.67. The monoisotopic (exact) mass is 230 g/mol. The van der Waals surface area contributed by atoms with E-state index in [0.717, 1.165) is 12.1 Å². The summed E-state index contributed by atoms with van der Waals surface area (Å²) in [6, 6.07) is 2.79. The van der Waals surface area contributed by atoms with Gasteiger partial charge in [-0.3, -0.25) is 0 Å². The van der Waals surface area contributed by atoms with Crippen molar-refractivity contribution in [3.63, 3.8) is 0 Å². The van der Waals surface area contributed by atoms with Gasteiger partial charge in [0.15, 0.2) is 11.6 Å². The fourth-order valence-electron chi connectivity index (χ4n) is 1.41. The van der Waals surface area contributed by atoms with Crippen molar-refractivity contribution < 1.29 is 13.9 Å². The first-order valence-corrected chi connectivity index (χ1v) is 5.09. The van der Waals surface area contributed by atoms with E-state index in [-0.39, 0.29) is 0 Å². The zero-order valence-electron chi connectivity index (χ0n) is 9.08. The molecule has 90 valence electrons. The molecule has 0 aliphatic rings. The molecule has 4 N–H and O–H groups in total. The summed E-state index contributed by atoms with van der Waals surface area (Å²) in [6.07, 6.45) is -0.431. The van der Waals surface area contributed by atoms with Crippen LogP contribution in [-0.2, 0) is 0 Å². The Kier molecular flexibility index (Phi) is 4.79. The van der Waals surface area contributed by atoms with Gasteiger partial charge < -0.3 is 16.2 Å². The highest BCUT2D eigenvalue weighted by Crippen LogP contribution is 2.19. The van der Waals surface area contributed by atoms with Crippen molar-refractivity contribution in [2.75, 3.05) is 13.6 Å². The van der Waals surface area contributed by atoms with Crippen molar-refractivity contribution in [1.29, 1.82) is 0 Å². The molecule has 2 atom stereocenters. The number of hydrogen-bond acceptors (Lipinski definition) is 3. The van der Waals surface area contributed by atoms with Crippen LogP contribution in [0.15, 0.2) is 18.2 Å². The highest BCUT2D eigenvalue weighted by Gasteiger charge is 2.17. The van der Waals surface area contributed by atoms with Crippen LogP contribution >= 0.6 is 0 Å². The van der Waals surface area contributed by atoms with Gasteiger partial charge in [0.25, 0.3) is 0 Å². The van der Waals surface area contributed by atoms with Crippen molar-refractivity contribution in [2.24, 2.45) is 5.73 Å². The lowest BCUT2D eigenvalue weighted by molar-refractivity contribution is 0.142. The third-order valence-corrected chi connectivity index (χ3v) is 2.42. The summed E-state index contributed by atoms with van der Waals surface area (Å²) >= 11 is 0. The Morgan fingerprint density at radius 1 is 1.38 bits per heavy atom. The normalized spacial score (nSPS) is 14.8. The van der Waals surface area contributed by atoms with E-state index < -0.39 is 23.8 Å². The molecule has 16 heavy (non-hydrogen) atoms. The van der Waals surface area contributed by atoms with Gasteiger partial charge in [0.1, 0.15) is 0 Å². The zero-order valence-corrected chi connectivity index (χ0v) is 9.08. The molecule has 5 heteroatoms. The molecule has 1 rings (SSSR count). The predicted molar refractivity (Wildman–Crippen MR) is 57.8 cm³/mol. The minimum atomic E-state index is -0.983. The van der Waals surface area contributed by atoms with Crippen LogP contribution in [0.1, 0.15) is 18.1 Å². The highest BCUT2D eigenvalue weighted by molar-refractivity contribution is 5.21. The number of halogens is 2. The first-order valence-electron chi connectivity index (χ1n) is 5.09. The SMILES string of the molecule is CNCCC(N)C(O)c1ccc(F)c(F)c1. The molecule has 2 unspecified atom stereocenters. The summed E-state index contributed by atoms with van der Waals surface area (Å²) < 4.78 is 25.6. The van der Waals surface area contributed by atoms with Crippen LogP contribution in [-0.4, -0.2) is 24.7 Å². The van der Waals surface area contributed by atoms with Crippen molar-refractivity contribution in [3.05, 3.63) is 35.4 Å². The standard InChI is InChI=1S/C11H16F2N2O/c1-15-5-4-10(14)11(16)7-2-3-8(12)9(13)6-7/h2-3,6,10-11,15-16H,4-5,14H2,1H3. The minimum Gasteiger partial charge on any atom is -0.387 e. The molecule has 0 saturated heterocycles. The summed E-state index contributed by atoms with van der Waals surface area (Å²) in [5.41, 5.74) is 6.01. The number of nitrogens with one attached hydrogen (secondary N) is 1. The van der Waals surface area contributed by atoms with E-state index in [9.17, 15) is 13.9 Å². The number of aliphatic hydroxyl groups excluding tert-OH is 1. The highest BCUT2D eigenvalue weighted by atomic mass is 19.2. The molecule has 0 aliphatic carbocycles. The molecule has 0 bridgehead atoms. The van der Waals surface area contributed by atoms with Crippen LogP contribution in [0.25, 0.3) is 0 Å². The molecule has 0 saturated carbocycles. The average Bonchev–Trinajstić information content (AvgIpc) is 2.28. The van der Waals surface area contributed by atoms with E-state index in [1.54, 1.807) is 7.05 Å². The molecule has 1 aromatic carbocycles. The first-order chi connectivity index (χ1) is 7.56. The van der Waals surface area contributed by atoms with Gasteiger partial charge in [-0.25, -0.2) is 8.78 Å². The fraction of sp³-hybridized carbons (Fsp3) is 0.455. The number of rotatable bonds is 5. The number of nitrogens with two attached hydrogens (primary N) is 1. The largest absolute Gasteiger partial charge is 0.387 e.